The zero-order chi connectivity index (χ0) is 13.8. The van der Waals surface area contributed by atoms with E-state index in [0.29, 0.717) is 17.6 Å². The third-order valence-electron chi connectivity index (χ3n) is 2.82. The Kier molecular flexibility index (Phi) is 4.06. The second kappa shape index (κ2) is 5.75. The Hall–Kier alpha value is -2.01. The van der Waals surface area contributed by atoms with Gasteiger partial charge >= 0.3 is 0 Å². The smallest absolute Gasteiger partial charge is 0.163 e. The average molecular weight is 257 g/mol. The first-order valence-corrected chi connectivity index (χ1v) is 6.35. The summed E-state index contributed by atoms with van der Waals surface area (Å²) in [6.07, 6.45) is 4.44. The van der Waals surface area contributed by atoms with Crippen LogP contribution in [0.15, 0.2) is 24.5 Å². The minimum Gasteiger partial charge on any atom is -0.308 e. The molecule has 0 unspecified atom stereocenters. The van der Waals surface area contributed by atoms with Gasteiger partial charge in [-0.05, 0) is 30.9 Å². The fourth-order valence-electron chi connectivity index (χ4n) is 1.91. The van der Waals surface area contributed by atoms with Gasteiger partial charge in [-0.25, -0.2) is 15.8 Å². The molecule has 0 aliphatic rings. The lowest BCUT2D eigenvalue weighted by Gasteiger charge is -2.10. The number of nitrogens with zero attached hydrogens (tertiary/aromatic N) is 3. The van der Waals surface area contributed by atoms with Gasteiger partial charge in [-0.2, -0.15) is 0 Å². The number of nitrogen functional groups attached to an aromatic ring is 1. The summed E-state index contributed by atoms with van der Waals surface area (Å²) in [5.41, 5.74) is 5.61. The fraction of sp³-hybridized carbons (Fsp3) is 0.357. The number of anilines is 1. The van der Waals surface area contributed by atoms with Gasteiger partial charge in [-0.15, -0.1) is 0 Å². The molecule has 5 nitrogen and oxygen atoms in total. The molecule has 2 aromatic heterocycles. The minimum absolute atomic E-state index is 0.531. The zero-order valence-corrected chi connectivity index (χ0v) is 11.5. The molecule has 0 spiro atoms. The Balaban J connectivity index is 2.48. The number of hydrazine groups is 1. The van der Waals surface area contributed by atoms with E-state index in [1.54, 1.807) is 12.4 Å². The number of aryl methyl sites for hydroxylation is 1. The molecule has 0 aliphatic carbocycles. The maximum atomic E-state index is 5.48. The van der Waals surface area contributed by atoms with Crippen molar-refractivity contribution in [2.75, 3.05) is 5.43 Å². The van der Waals surface area contributed by atoms with Gasteiger partial charge < -0.3 is 5.43 Å². The Morgan fingerprint density at radius 1 is 1.32 bits per heavy atom. The Morgan fingerprint density at radius 2 is 2.11 bits per heavy atom. The van der Waals surface area contributed by atoms with Gasteiger partial charge in [0.25, 0.3) is 0 Å². The third-order valence-corrected chi connectivity index (χ3v) is 2.82. The molecular formula is C14H19N5. The van der Waals surface area contributed by atoms with E-state index in [1.165, 1.54) is 0 Å². The van der Waals surface area contributed by atoms with Crippen molar-refractivity contribution in [1.29, 1.82) is 0 Å². The normalized spacial score (nSPS) is 10.8. The Morgan fingerprint density at radius 3 is 2.74 bits per heavy atom. The van der Waals surface area contributed by atoms with Crippen LogP contribution in [0.1, 0.15) is 25.1 Å². The molecule has 19 heavy (non-hydrogen) atoms. The van der Waals surface area contributed by atoms with Crippen LogP contribution in [0.5, 0.6) is 0 Å². The maximum Gasteiger partial charge on any atom is 0.163 e. The molecule has 0 saturated carbocycles. The maximum absolute atomic E-state index is 5.48. The molecule has 2 heterocycles. The number of hydrogen-bond acceptors (Lipinski definition) is 5. The number of rotatable bonds is 4. The topological polar surface area (TPSA) is 76.7 Å². The van der Waals surface area contributed by atoms with Crippen molar-refractivity contribution in [3.05, 3.63) is 35.8 Å². The molecule has 0 radical (unpaired) electrons. The minimum atomic E-state index is 0.531. The second-order valence-electron chi connectivity index (χ2n) is 5.00. The first-order chi connectivity index (χ1) is 9.10. The van der Waals surface area contributed by atoms with Gasteiger partial charge in [0.15, 0.2) is 5.82 Å². The highest BCUT2D eigenvalue weighted by atomic mass is 15.3. The van der Waals surface area contributed by atoms with Crippen molar-refractivity contribution in [2.24, 2.45) is 11.8 Å². The van der Waals surface area contributed by atoms with E-state index >= 15 is 0 Å². The van der Waals surface area contributed by atoms with Crippen molar-refractivity contribution in [3.8, 4) is 11.4 Å². The van der Waals surface area contributed by atoms with Gasteiger partial charge in [0.1, 0.15) is 5.82 Å². The SMILES string of the molecule is Cc1ccncc1-c1nc(CC(C)C)cc(NN)n1. The van der Waals surface area contributed by atoms with E-state index < -0.39 is 0 Å². The molecule has 0 bridgehead atoms. The number of nitrogens with one attached hydrogen (secondary N) is 1. The molecule has 0 atom stereocenters. The van der Waals surface area contributed by atoms with Crippen LogP contribution in [0.4, 0.5) is 5.82 Å². The first kappa shape index (κ1) is 13.4. The average Bonchev–Trinajstić information content (AvgIpc) is 2.38. The molecule has 0 aromatic carbocycles. The predicted molar refractivity (Wildman–Crippen MR) is 76.4 cm³/mol. The van der Waals surface area contributed by atoms with Crippen molar-refractivity contribution in [3.63, 3.8) is 0 Å². The molecule has 5 heteroatoms. The summed E-state index contributed by atoms with van der Waals surface area (Å²) in [5, 5.41) is 0. The molecule has 0 fully saturated rings. The van der Waals surface area contributed by atoms with E-state index in [9.17, 15) is 0 Å². The summed E-state index contributed by atoms with van der Waals surface area (Å²) >= 11 is 0. The summed E-state index contributed by atoms with van der Waals surface area (Å²) < 4.78 is 0. The highest BCUT2D eigenvalue weighted by molar-refractivity contribution is 5.60. The van der Waals surface area contributed by atoms with E-state index in [4.69, 9.17) is 5.84 Å². The van der Waals surface area contributed by atoms with Gasteiger partial charge in [-0.1, -0.05) is 13.8 Å². The Bertz CT molecular complexity index is 566. The number of hydrogen-bond donors (Lipinski definition) is 2. The van der Waals surface area contributed by atoms with Crippen molar-refractivity contribution in [2.45, 2.75) is 27.2 Å². The molecular weight excluding hydrogens is 238 g/mol. The molecule has 100 valence electrons. The number of aromatic nitrogens is 3. The number of nitrogens with two attached hydrogens (primary N) is 1. The summed E-state index contributed by atoms with van der Waals surface area (Å²) in [7, 11) is 0. The first-order valence-electron chi connectivity index (χ1n) is 6.35. The quantitative estimate of drug-likeness (QED) is 0.649. The van der Waals surface area contributed by atoms with Gasteiger partial charge in [0, 0.05) is 29.7 Å². The van der Waals surface area contributed by atoms with E-state index in [1.807, 2.05) is 19.1 Å². The van der Waals surface area contributed by atoms with Crippen LogP contribution < -0.4 is 11.3 Å². The van der Waals surface area contributed by atoms with E-state index in [2.05, 4.69) is 34.2 Å². The molecule has 0 amide bonds. The standard InChI is InChI=1S/C14H19N5/c1-9(2)6-11-7-13(19-15)18-14(17-11)12-8-16-5-4-10(12)3/h4-5,7-9H,6,15H2,1-3H3,(H,17,18,19). The second-order valence-corrected chi connectivity index (χ2v) is 5.00. The summed E-state index contributed by atoms with van der Waals surface area (Å²) in [4.78, 5) is 13.1. The molecule has 0 saturated heterocycles. The Labute approximate surface area is 113 Å². The van der Waals surface area contributed by atoms with Crippen LogP contribution in [0.3, 0.4) is 0 Å². The summed E-state index contributed by atoms with van der Waals surface area (Å²) in [5.74, 6) is 7.30. The highest BCUT2D eigenvalue weighted by Gasteiger charge is 2.10. The molecule has 2 aromatic rings. The highest BCUT2D eigenvalue weighted by Crippen LogP contribution is 2.21. The van der Waals surface area contributed by atoms with E-state index in [-0.39, 0.29) is 0 Å². The molecule has 0 aliphatic heterocycles. The van der Waals surface area contributed by atoms with Crippen LogP contribution in [0.2, 0.25) is 0 Å². The molecule has 3 N–H and O–H groups in total. The summed E-state index contributed by atoms with van der Waals surface area (Å²) in [6, 6.07) is 3.83. The van der Waals surface area contributed by atoms with Gasteiger partial charge in [-0.3, -0.25) is 4.98 Å². The zero-order valence-electron chi connectivity index (χ0n) is 11.5. The predicted octanol–water partition coefficient (Wildman–Crippen LogP) is 2.33. The van der Waals surface area contributed by atoms with Crippen molar-refractivity contribution in [1.82, 2.24) is 15.0 Å². The van der Waals surface area contributed by atoms with Crippen molar-refractivity contribution >= 4 is 5.82 Å². The lowest BCUT2D eigenvalue weighted by molar-refractivity contribution is 0.635. The van der Waals surface area contributed by atoms with Crippen molar-refractivity contribution < 1.29 is 0 Å². The monoisotopic (exact) mass is 257 g/mol. The third kappa shape index (κ3) is 3.26. The van der Waals surface area contributed by atoms with Crippen LogP contribution >= 0.6 is 0 Å². The molecule has 2 rings (SSSR count). The fourth-order valence-corrected chi connectivity index (χ4v) is 1.91. The summed E-state index contributed by atoms with van der Waals surface area (Å²) in [6.45, 7) is 6.34. The number of pyridine rings is 1. The largest absolute Gasteiger partial charge is 0.308 e. The lowest BCUT2D eigenvalue weighted by atomic mass is 10.1. The van der Waals surface area contributed by atoms with Crippen LogP contribution in [0.25, 0.3) is 11.4 Å². The van der Waals surface area contributed by atoms with Crippen LogP contribution in [0, 0.1) is 12.8 Å². The van der Waals surface area contributed by atoms with E-state index in [0.717, 1.165) is 23.2 Å². The van der Waals surface area contributed by atoms with Gasteiger partial charge in [0.05, 0.1) is 0 Å². The van der Waals surface area contributed by atoms with Crippen LogP contribution in [-0.2, 0) is 6.42 Å². The lowest BCUT2D eigenvalue weighted by Crippen LogP contribution is -2.11. The van der Waals surface area contributed by atoms with Gasteiger partial charge in [0.2, 0.25) is 0 Å². The van der Waals surface area contributed by atoms with Crippen LogP contribution in [-0.4, -0.2) is 15.0 Å².